The first-order valence-electron chi connectivity index (χ1n) is 6.75. The van der Waals surface area contributed by atoms with Crippen molar-refractivity contribution in [2.75, 3.05) is 7.11 Å². The molecule has 0 spiro atoms. The monoisotopic (exact) mass is 383 g/mol. The molecular weight excluding hydrogens is 370 g/mol. The summed E-state index contributed by atoms with van der Waals surface area (Å²) in [5.74, 6) is -0.429. The van der Waals surface area contributed by atoms with Crippen molar-refractivity contribution in [3.63, 3.8) is 0 Å². The fourth-order valence-electron chi connectivity index (χ4n) is 1.88. The molecule has 8 nitrogen and oxygen atoms in total. The summed E-state index contributed by atoms with van der Waals surface area (Å²) < 4.78 is 27.7. The SMILES string of the molecule is COc1ccc(/C=N\NC(=O)c2ccc(Cl)c(S(N)(=O)=O)c2)cc1O. The highest BCUT2D eigenvalue weighted by Gasteiger charge is 2.16. The molecule has 0 radical (unpaired) electrons. The smallest absolute Gasteiger partial charge is 0.271 e. The maximum Gasteiger partial charge on any atom is 0.271 e. The highest BCUT2D eigenvalue weighted by molar-refractivity contribution is 7.89. The summed E-state index contributed by atoms with van der Waals surface area (Å²) >= 11 is 5.76. The van der Waals surface area contributed by atoms with E-state index in [1.165, 1.54) is 37.6 Å². The number of hydrogen-bond donors (Lipinski definition) is 3. The molecule has 0 aromatic heterocycles. The Hall–Kier alpha value is -2.62. The zero-order chi connectivity index (χ0) is 18.6. The number of primary sulfonamides is 1. The minimum atomic E-state index is -4.05. The number of sulfonamides is 1. The van der Waals surface area contributed by atoms with Crippen molar-refractivity contribution >= 4 is 33.7 Å². The van der Waals surface area contributed by atoms with Crippen LogP contribution >= 0.6 is 11.6 Å². The van der Waals surface area contributed by atoms with Gasteiger partial charge in [0.15, 0.2) is 11.5 Å². The average molecular weight is 384 g/mol. The third kappa shape index (κ3) is 4.69. The van der Waals surface area contributed by atoms with Gasteiger partial charge in [0, 0.05) is 5.56 Å². The maximum atomic E-state index is 12.0. The van der Waals surface area contributed by atoms with Crippen LogP contribution in [0.2, 0.25) is 5.02 Å². The first-order chi connectivity index (χ1) is 11.7. The molecule has 4 N–H and O–H groups in total. The summed E-state index contributed by atoms with van der Waals surface area (Å²) in [7, 11) is -2.63. The Bertz CT molecular complexity index is 944. The molecule has 0 atom stereocenters. The Morgan fingerprint density at radius 2 is 2.04 bits per heavy atom. The van der Waals surface area contributed by atoms with E-state index in [0.29, 0.717) is 11.3 Å². The van der Waals surface area contributed by atoms with Crippen LogP contribution in [0.15, 0.2) is 46.4 Å². The molecular formula is C15H14ClN3O5S. The van der Waals surface area contributed by atoms with Gasteiger partial charge in [-0.15, -0.1) is 0 Å². The van der Waals surface area contributed by atoms with Crippen LogP contribution in [0.5, 0.6) is 11.5 Å². The van der Waals surface area contributed by atoms with E-state index < -0.39 is 15.9 Å². The number of benzene rings is 2. The molecule has 2 rings (SSSR count). The first-order valence-corrected chi connectivity index (χ1v) is 8.67. The quantitative estimate of drug-likeness (QED) is 0.531. The van der Waals surface area contributed by atoms with Crippen LogP contribution < -0.4 is 15.3 Å². The second-order valence-corrected chi connectivity index (χ2v) is 6.76. The molecule has 0 saturated heterocycles. The van der Waals surface area contributed by atoms with E-state index in [-0.39, 0.29) is 21.2 Å². The molecule has 0 unspecified atom stereocenters. The minimum Gasteiger partial charge on any atom is -0.504 e. The van der Waals surface area contributed by atoms with Gasteiger partial charge in [0.1, 0.15) is 4.90 Å². The third-order valence-corrected chi connectivity index (χ3v) is 4.48. The van der Waals surface area contributed by atoms with Crippen LogP contribution in [0.25, 0.3) is 0 Å². The number of nitrogens with two attached hydrogens (primary N) is 1. The lowest BCUT2D eigenvalue weighted by molar-refractivity contribution is 0.0955. The van der Waals surface area contributed by atoms with Gasteiger partial charge in [-0.1, -0.05) is 11.6 Å². The Labute approximate surface area is 148 Å². The predicted molar refractivity (Wildman–Crippen MR) is 92.5 cm³/mol. The number of phenolic OH excluding ortho intramolecular Hbond substituents is 1. The number of aromatic hydroxyl groups is 1. The van der Waals surface area contributed by atoms with Crippen LogP contribution in [0, 0.1) is 0 Å². The van der Waals surface area contributed by atoms with Crippen molar-refractivity contribution in [3.8, 4) is 11.5 Å². The number of nitrogens with one attached hydrogen (secondary N) is 1. The molecule has 1 amide bonds. The number of carbonyl (C=O) groups excluding carboxylic acids is 1. The summed E-state index contributed by atoms with van der Waals surface area (Å²) in [4.78, 5) is 11.7. The molecule has 10 heteroatoms. The number of rotatable bonds is 5. The zero-order valence-corrected chi connectivity index (χ0v) is 14.5. The van der Waals surface area contributed by atoms with E-state index in [4.69, 9.17) is 21.5 Å². The van der Waals surface area contributed by atoms with Crippen molar-refractivity contribution < 1.29 is 23.1 Å². The summed E-state index contributed by atoms with van der Waals surface area (Å²) in [6.07, 6.45) is 1.30. The molecule has 132 valence electrons. The lowest BCUT2D eigenvalue weighted by Gasteiger charge is -2.05. The molecule has 0 fully saturated rings. The summed E-state index contributed by atoms with van der Waals surface area (Å²) in [6.45, 7) is 0. The number of methoxy groups -OCH3 is 1. The Morgan fingerprint density at radius 3 is 2.64 bits per heavy atom. The molecule has 0 aliphatic carbocycles. The topological polar surface area (TPSA) is 131 Å². The molecule has 0 bridgehead atoms. The lowest BCUT2D eigenvalue weighted by atomic mass is 10.2. The van der Waals surface area contributed by atoms with Crippen molar-refractivity contribution in [2.45, 2.75) is 4.90 Å². The third-order valence-electron chi connectivity index (χ3n) is 3.08. The second-order valence-electron chi connectivity index (χ2n) is 4.82. The van der Waals surface area contributed by atoms with Crippen LogP contribution in [0.4, 0.5) is 0 Å². The largest absolute Gasteiger partial charge is 0.504 e. The summed E-state index contributed by atoms with van der Waals surface area (Å²) in [5.41, 5.74) is 2.76. The van der Waals surface area contributed by atoms with Gasteiger partial charge in [0.2, 0.25) is 10.0 Å². The molecule has 2 aromatic rings. The lowest BCUT2D eigenvalue weighted by Crippen LogP contribution is -2.19. The van der Waals surface area contributed by atoms with E-state index in [0.717, 1.165) is 6.07 Å². The van der Waals surface area contributed by atoms with E-state index in [9.17, 15) is 18.3 Å². The van der Waals surface area contributed by atoms with Gasteiger partial charge in [-0.25, -0.2) is 19.0 Å². The maximum absolute atomic E-state index is 12.0. The number of halogens is 1. The fraction of sp³-hybridized carbons (Fsp3) is 0.0667. The number of hydrogen-bond acceptors (Lipinski definition) is 6. The van der Waals surface area contributed by atoms with Crippen LogP contribution in [-0.4, -0.2) is 32.8 Å². The molecule has 2 aromatic carbocycles. The van der Waals surface area contributed by atoms with Crippen LogP contribution in [0.1, 0.15) is 15.9 Å². The van der Waals surface area contributed by atoms with Crippen molar-refractivity contribution in [3.05, 3.63) is 52.5 Å². The van der Waals surface area contributed by atoms with Gasteiger partial charge in [0.25, 0.3) is 5.91 Å². The number of ether oxygens (including phenoxy) is 1. The minimum absolute atomic E-state index is 0.0168. The molecule has 0 aliphatic heterocycles. The van der Waals surface area contributed by atoms with Gasteiger partial charge < -0.3 is 9.84 Å². The molecule has 0 saturated carbocycles. The number of amides is 1. The number of carbonyl (C=O) groups is 1. The van der Waals surface area contributed by atoms with E-state index in [1.54, 1.807) is 6.07 Å². The Morgan fingerprint density at radius 1 is 1.32 bits per heavy atom. The predicted octanol–water partition coefficient (Wildman–Crippen LogP) is 1.47. The van der Waals surface area contributed by atoms with Crippen LogP contribution in [-0.2, 0) is 10.0 Å². The fourth-order valence-corrected chi connectivity index (χ4v) is 2.95. The average Bonchev–Trinajstić information content (AvgIpc) is 2.54. The van der Waals surface area contributed by atoms with Crippen molar-refractivity contribution in [1.29, 1.82) is 0 Å². The van der Waals surface area contributed by atoms with E-state index in [1.807, 2.05) is 0 Å². The standard InChI is InChI=1S/C15H14ClN3O5S/c1-24-13-5-2-9(6-12(13)20)8-18-19-15(21)10-3-4-11(16)14(7-10)25(17,22)23/h2-8,20H,1H3,(H,19,21)(H2,17,22,23)/b18-8-. The molecule has 0 heterocycles. The van der Waals surface area contributed by atoms with Gasteiger partial charge >= 0.3 is 0 Å². The Balaban J connectivity index is 2.14. The Kier molecular flexibility index (Phi) is 5.62. The van der Waals surface area contributed by atoms with Gasteiger partial charge in [0.05, 0.1) is 18.3 Å². The summed E-state index contributed by atoms with van der Waals surface area (Å²) in [5, 5.41) is 18.3. The highest BCUT2D eigenvalue weighted by atomic mass is 35.5. The van der Waals surface area contributed by atoms with Gasteiger partial charge in [-0.3, -0.25) is 4.79 Å². The van der Waals surface area contributed by atoms with Gasteiger partial charge in [-0.2, -0.15) is 5.10 Å². The first kappa shape index (κ1) is 18.7. The van der Waals surface area contributed by atoms with E-state index >= 15 is 0 Å². The number of hydrazone groups is 1. The highest BCUT2D eigenvalue weighted by Crippen LogP contribution is 2.25. The molecule has 0 aliphatic rings. The normalized spacial score (nSPS) is 11.5. The summed E-state index contributed by atoms with van der Waals surface area (Å²) in [6, 6.07) is 8.20. The second kappa shape index (κ2) is 7.51. The van der Waals surface area contributed by atoms with Crippen molar-refractivity contribution in [1.82, 2.24) is 5.43 Å². The van der Waals surface area contributed by atoms with Gasteiger partial charge in [-0.05, 0) is 42.0 Å². The number of nitrogens with zero attached hydrogens (tertiary/aromatic N) is 1. The van der Waals surface area contributed by atoms with E-state index in [2.05, 4.69) is 10.5 Å². The van der Waals surface area contributed by atoms with Crippen molar-refractivity contribution in [2.24, 2.45) is 10.2 Å². The number of phenols is 1. The zero-order valence-electron chi connectivity index (χ0n) is 12.9. The molecule has 25 heavy (non-hydrogen) atoms. The van der Waals surface area contributed by atoms with Crippen LogP contribution in [0.3, 0.4) is 0 Å².